The van der Waals surface area contributed by atoms with Crippen LogP contribution in [0.25, 0.3) is 10.9 Å². The molecule has 5 nitrogen and oxygen atoms in total. The van der Waals surface area contributed by atoms with Gasteiger partial charge in [-0.25, -0.2) is 0 Å². The van der Waals surface area contributed by atoms with E-state index in [0.717, 1.165) is 36.2 Å². The van der Waals surface area contributed by atoms with Gasteiger partial charge in [0.1, 0.15) is 0 Å². The fraction of sp³-hybridized carbons (Fsp3) is 0.333. The van der Waals surface area contributed by atoms with Gasteiger partial charge in [0.2, 0.25) is 5.91 Å². The molecule has 1 aliphatic carbocycles. The third-order valence-corrected chi connectivity index (χ3v) is 5.92. The molecule has 0 fully saturated rings. The summed E-state index contributed by atoms with van der Waals surface area (Å²) in [5.74, 6) is -0.497. The number of amides is 2. The Balaban J connectivity index is 1.49. The average Bonchev–Trinajstić information content (AvgIpc) is 3.09. The van der Waals surface area contributed by atoms with Crippen molar-refractivity contribution in [2.24, 2.45) is 5.92 Å². The highest BCUT2D eigenvalue weighted by molar-refractivity contribution is 6.02. The summed E-state index contributed by atoms with van der Waals surface area (Å²) in [6.07, 6.45) is -1.53. The van der Waals surface area contributed by atoms with Gasteiger partial charge in [-0.3, -0.25) is 9.59 Å². The van der Waals surface area contributed by atoms with Crippen LogP contribution >= 0.6 is 0 Å². The number of nitrogens with zero attached hydrogens (tertiary/aromatic N) is 1. The van der Waals surface area contributed by atoms with E-state index < -0.39 is 17.6 Å². The Kier molecular flexibility index (Phi) is 5.71. The number of nitrogens with one attached hydrogen (secondary N) is 2. The van der Waals surface area contributed by atoms with Crippen LogP contribution in [0.1, 0.15) is 40.5 Å². The lowest BCUT2D eigenvalue weighted by Crippen LogP contribution is -2.35. The largest absolute Gasteiger partial charge is 0.418 e. The van der Waals surface area contributed by atoms with Crippen LogP contribution in [0.3, 0.4) is 0 Å². The van der Waals surface area contributed by atoms with E-state index in [9.17, 15) is 22.8 Å². The third-order valence-electron chi connectivity index (χ3n) is 5.92. The zero-order valence-electron chi connectivity index (χ0n) is 17.8. The first-order valence-corrected chi connectivity index (χ1v) is 10.5. The van der Waals surface area contributed by atoms with E-state index in [1.807, 2.05) is 12.1 Å². The van der Waals surface area contributed by atoms with Gasteiger partial charge in [-0.15, -0.1) is 0 Å². The number of aromatic amines is 1. The molecule has 168 valence electrons. The van der Waals surface area contributed by atoms with Gasteiger partial charge in [0.25, 0.3) is 5.91 Å². The molecule has 32 heavy (non-hydrogen) atoms. The second-order valence-electron chi connectivity index (χ2n) is 8.44. The van der Waals surface area contributed by atoms with Crippen LogP contribution < -0.4 is 5.32 Å². The van der Waals surface area contributed by atoms with Crippen molar-refractivity contribution >= 4 is 28.4 Å². The number of carbonyl (C=O) groups is 2. The zero-order chi connectivity index (χ0) is 23.0. The quantitative estimate of drug-likeness (QED) is 0.595. The molecule has 0 saturated carbocycles. The molecule has 0 aliphatic heterocycles. The summed E-state index contributed by atoms with van der Waals surface area (Å²) in [7, 11) is 1.45. The topological polar surface area (TPSA) is 65.2 Å². The van der Waals surface area contributed by atoms with Crippen LogP contribution in [0.4, 0.5) is 18.9 Å². The normalized spacial score (nSPS) is 16.0. The maximum Gasteiger partial charge on any atom is 0.418 e. The summed E-state index contributed by atoms with van der Waals surface area (Å²) in [4.78, 5) is 29.9. The van der Waals surface area contributed by atoms with Gasteiger partial charge >= 0.3 is 6.18 Å². The average molecular weight is 443 g/mol. The highest BCUT2D eigenvalue weighted by Crippen LogP contribution is 2.35. The summed E-state index contributed by atoms with van der Waals surface area (Å²) in [6, 6.07) is 10.1. The molecular weight excluding hydrogens is 419 g/mol. The standard InChI is InChI=1S/C24H24F3N3O2/c1-14-7-9-19-16(11-14)17-12-15(8-10-20(17)28-19)23(32)30(2)13-22(31)29-21-6-4-3-5-18(21)24(25,26)27/h3-6,8,10,12,14,28H,7,9,11,13H2,1-2H3,(H,29,31)/t14-/m1/s1. The SMILES string of the molecule is C[C@@H]1CCc2[nH]c3ccc(C(=O)N(C)CC(=O)Nc4ccccc4C(F)(F)F)cc3c2C1. The fourth-order valence-corrected chi connectivity index (χ4v) is 4.26. The van der Waals surface area contributed by atoms with Crippen LogP contribution in [0, 0.1) is 5.92 Å². The monoisotopic (exact) mass is 443 g/mol. The maximum atomic E-state index is 13.1. The van der Waals surface area contributed by atoms with E-state index in [2.05, 4.69) is 17.2 Å². The van der Waals surface area contributed by atoms with Gasteiger partial charge in [0.05, 0.1) is 17.8 Å². The summed E-state index contributed by atoms with van der Waals surface area (Å²) >= 11 is 0. The number of aryl methyl sites for hydroxylation is 1. The predicted octanol–water partition coefficient (Wildman–Crippen LogP) is 5.02. The second-order valence-corrected chi connectivity index (χ2v) is 8.44. The molecule has 1 aliphatic rings. The first kappa shape index (κ1) is 21.9. The lowest BCUT2D eigenvalue weighted by molar-refractivity contribution is -0.137. The van der Waals surface area contributed by atoms with E-state index in [0.29, 0.717) is 11.5 Å². The number of halogens is 3. The number of para-hydroxylation sites is 1. The Bertz CT molecular complexity index is 1180. The molecule has 8 heteroatoms. The Labute approximate surface area is 183 Å². The Morgan fingerprint density at radius 1 is 1.19 bits per heavy atom. The van der Waals surface area contributed by atoms with Crippen molar-refractivity contribution in [3.63, 3.8) is 0 Å². The van der Waals surface area contributed by atoms with E-state index in [-0.39, 0.29) is 18.1 Å². The van der Waals surface area contributed by atoms with Crippen LogP contribution in [0.5, 0.6) is 0 Å². The van der Waals surface area contributed by atoms with Crippen LogP contribution in [0.15, 0.2) is 42.5 Å². The summed E-state index contributed by atoms with van der Waals surface area (Å²) in [5.41, 5.74) is 2.59. The molecule has 2 aromatic carbocycles. The van der Waals surface area contributed by atoms with Crippen molar-refractivity contribution in [2.75, 3.05) is 18.9 Å². The molecule has 2 amide bonds. The number of carbonyl (C=O) groups excluding carboxylic acids is 2. The molecule has 0 saturated heterocycles. The van der Waals surface area contributed by atoms with Crippen molar-refractivity contribution in [1.82, 2.24) is 9.88 Å². The van der Waals surface area contributed by atoms with Crippen LogP contribution in [-0.4, -0.2) is 35.3 Å². The molecule has 0 radical (unpaired) electrons. The number of likely N-dealkylation sites (N-methyl/N-ethyl adjacent to an activating group) is 1. The first-order chi connectivity index (χ1) is 15.1. The van der Waals surface area contributed by atoms with E-state index in [4.69, 9.17) is 0 Å². The Morgan fingerprint density at radius 3 is 2.69 bits per heavy atom. The number of rotatable bonds is 4. The minimum Gasteiger partial charge on any atom is -0.358 e. The molecule has 4 rings (SSSR count). The van der Waals surface area contributed by atoms with Crippen molar-refractivity contribution in [2.45, 2.75) is 32.4 Å². The van der Waals surface area contributed by atoms with Gasteiger partial charge in [0, 0.05) is 29.2 Å². The van der Waals surface area contributed by atoms with Crippen molar-refractivity contribution in [1.29, 1.82) is 0 Å². The number of benzene rings is 2. The second kappa shape index (κ2) is 8.33. The van der Waals surface area contributed by atoms with E-state index in [1.54, 1.807) is 6.07 Å². The van der Waals surface area contributed by atoms with Crippen molar-refractivity contribution in [3.8, 4) is 0 Å². The Morgan fingerprint density at radius 2 is 1.94 bits per heavy atom. The number of anilines is 1. The smallest absolute Gasteiger partial charge is 0.358 e. The van der Waals surface area contributed by atoms with Gasteiger partial charge in [0.15, 0.2) is 0 Å². The highest BCUT2D eigenvalue weighted by atomic mass is 19.4. The zero-order valence-corrected chi connectivity index (χ0v) is 17.8. The van der Waals surface area contributed by atoms with E-state index >= 15 is 0 Å². The molecule has 1 atom stereocenters. The minimum absolute atomic E-state index is 0.333. The maximum absolute atomic E-state index is 13.1. The molecule has 0 spiro atoms. The van der Waals surface area contributed by atoms with Crippen molar-refractivity contribution in [3.05, 3.63) is 64.8 Å². The van der Waals surface area contributed by atoms with E-state index in [1.165, 1.54) is 41.4 Å². The molecule has 0 unspecified atom stereocenters. The van der Waals surface area contributed by atoms with Gasteiger partial charge in [-0.2, -0.15) is 13.2 Å². The van der Waals surface area contributed by atoms with Crippen LogP contribution in [-0.2, 0) is 23.8 Å². The fourth-order valence-electron chi connectivity index (χ4n) is 4.26. The molecule has 2 N–H and O–H groups in total. The van der Waals surface area contributed by atoms with Gasteiger partial charge in [-0.1, -0.05) is 19.1 Å². The number of fused-ring (bicyclic) bond motifs is 3. The number of hydrogen-bond acceptors (Lipinski definition) is 2. The molecular formula is C24H24F3N3O2. The molecule has 1 aromatic heterocycles. The summed E-state index contributed by atoms with van der Waals surface area (Å²) in [5, 5.41) is 3.28. The summed E-state index contributed by atoms with van der Waals surface area (Å²) < 4.78 is 39.4. The van der Waals surface area contributed by atoms with Crippen molar-refractivity contribution < 1.29 is 22.8 Å². The number of H-pyrrole nitrogens is 1. The Hall–Kier alpha value is -3.29. The minimum atomic E-state index is -4.59. The third kappa shape index (κ3) is 4.35. The lowest BCUT2D eigenvalue weighted by atomic mass is 9.87. The van der Waals surface area contributed by atoms with Crippen LogP contribution in [0.2, 0.25) is 0 Å². The summed E-state index contributed by atoms with van der Waals surface area (Å²) in [6.45, 7) is 1.84. The van der Waals surface area contributed by atoms with Gasteiger partial charge in [-0.05, 0) is 61.1 Å². The molecule has 0 bridgehead atoms. The van der Waals surface area contributed by atoms with Gasteiger partial charge < -0.3 is 15.2 Å². The number of hydrogen-bond donors (Lipinski definition) is 2. The number of aromatic nitrogens is 1. The predicted molar refractivity (Wildman–Crippen MR) is 117 cm³/mol. The lowest BCUT2D eigenvalue weighted by Gasteiger charge is -2.19. The molecule has 1 heterocycles. The molecule has 3 aromatic rings. The highest BCUT2D eigenvalue weighted by Gasteiger charge is 2.33. The first-order valence-electron chi connectivity index (χ1n) is 10.5. The number of alkyl halides is 3.